The van der Waals surface area contributed by atoms with Crippen LogP contribution in [-0.4, -0.2) is 17.4 Å². The molecule has 0 spiro atoms. The maximum Gasteiger partial charge on any atom is 0.226 e. The third-order valence-corrected chi connectivity index (χ3v) is 6.17. The molecule has 2 aromatic heterocycles. The highest BCUT2D eigenvalue weighted by atomic mass is 32.1. The van der Waals surface area contributed by atoms with E-state index in [0.29, 0.717) is 12.3 Å². The predicted octanol–water partition coefficient (Wildman–Crippen LogP) is 4.71. The van der Waals surface area contributed by atoms with Gasteiger partial charge in [-0.15, -0.1) is 11.3 Å². The first kappa shape index (κ1) is 17.9. The number of thiazole rings is 1. The number of hydrogen-bond donors (Lipinski definition) is 1. The van der Waals surface area contributed by atoms with Crippen molar-refractivity contribution in [2.75, 3.05) is 6.54 Å². The average molecular weight is 384 g/mol. The number of nitrogens with one attached hydrogen (secondary N) is 1. The van der Waals surface area contributed by atoms with Gasteiger partial charge in [-0.25, -0.2) is 9.37 Å². The van der Waals surface area contributed by atoms with E-state index in [2.05, 4.69) is 10.3 Å². The summed E-state index contributed by atoms with van der Waals surface area (Å²) in [6.07, 6.45) is 6.14. The molecule has 0 radical (unpaired) electrons. The van der Waals surface area contributed by atoms with Crippen molar-refractivity contribution in [3.05, 3.63) is 65.1 Å². The second-order valence-corrected chi connectivity index (χ2v) is 7.93. The number of carbonyl (C=O) groups is 1. The number of nitrogens with zero attached hydrogens (tertiary/aromatic N) is 1. The van der Waals surface area contributed by atoms with Gasteiger partial charge < -0.3 is 9.73 Å². The number of furan rings is 1. The van der Waals surface area contributed by atoms with Crippen LogP contribution in [0.5, 0.6) is 0 Å². The van der Waals surface area contributed by atoms with Gasteiger partial charge in [0.2, 0.25) is 5.91 Å². The molecule has 140 valence electrons. The number of hydrogen-bond acceptors (Lipinski definition) is 4. The lowest BCUT2D eigenvalue weighted by Crippen LogP contribution is -2.39. The van der Waals surface area contributed by atoms with Crippen LogP contribution in [0.1, 0.15) is 36.9 Å². The van der Waals surface area contributed by atoms with Crippen LogP contribution in [0.15, 0.2) is 52.5 Å². The monoisotopic (exact) mass is 384 g/mol. The van der Waals surface area contributed by atoms with Crippen LogP contribution in [0.4, 0.5) is 4.39 Å². The lowest BCUT2D eigenvalue weighted by atomic mass is 9.79. The van der Waals surface area contributed by atoms with Crippen LogP contribution >= 0.6 is 11.3 Å². The van der Waals surface area contributed by atoms with Crippen molar-refractivity contribution in [2.45, 2.75) is 37.5 Å². The highest BCUT2D eigenvalue weighted by Crippen LogP contribution is 2.40. The molecule has 2 heterocycles. The molecule has 27 heavy (non-hydrogen) atoms. The molecule has 1 fully saturated rings. The first-order chi connectivity index (χ1) is 13.1. The quantitative estimate of drug-likeness (QED) is 0.669. The van der Waals surface area contributed by atoms with E-state index in [1.54, 1.807) is 6.26 Å². The topological polar surface area (TPSA) is 55.1 Å². The summed E-state index contributed by atoms with van der Waals surface area (Å²) in [6.45, 7) is 0.576. The highest BCUT2D eigenvalue weighted by Gasteiger charge is 2.35. The Labute approximate surface area is 161 Å². The summed E-state index contributed by atoms with van der Waals surface area (Å²) >= 11 is 1.47. The van der Waals surface area contributed by atoms with Crippen molar-refractivity contribution < 1.29 is 13.6 Å². The van der Waals surface area contributed by atoms with E-state index in [4.69, 9.17) is 4.42 Å². The largest absolute Gasteiger partial charge is 0.462 e. The van der Waals surface area contributed by atoms with E-state index in [1.807, 2.05) is 29.6 Å². The number of rotatable bonds is 6. The van der Waals surface area contributed by atoms with Crippen molar-refractivity contribution >= 4 is 17.2 Å². The van der Waals surface area contributed by atoms with Crippen LogP contribution in [-0.2, 0) is 16.6 Å². The Balaban J connectivity index is 1.39. The molecule has 1 aliphatic rings. The number of carbonyl (C=O) groups excluding carboxylic acids is 1. The molecule has 0 unspecified atom stereocenters. The fourth-order valence-electron chi connectivity index (χ4n) is 3.82. The Morgan fingerprint density at radius 2 is 2.00 bits per heavy atom. The van der Waals surface area contributed by atoms with Gasteiger partial charge in [-0.3, -0.25) is 4.79 Å². The standard InChI is InChI=1S/C21H21FN2O2S/c22-16-7-5-15(6-8-16)21(9-1-2-10-21)14-23-19(25)12-17-13-27-20(24-17)18-4-3-11-26-18/h3-8,11,13H,1-2,9-10,12,14H2,(H,23,25). The predicted molar refractivity (Wildman–Crippen MR) is 103 cm³/mol. The Hall–Kier alpha value is -2.47. The fourth-order valence-corrected chi connectivity index (χ4v) is 4.61. The fraction of sp³-hybridized carbons (Fsp3) is 0.333. The number of amides is 1. The molecule has 4 rings (SSSR count). The molecule has 1 amide bonds. The average Bonchev–Trinajstić information content (AvgIpc) is 3.42. The minimum atomic E-state index is -0.230. The van der Waals surface area contributed by atoms with E-state index < -0.39 is 0 Å². The van der Waals surface area contributed by atoms with Crippen molar-refractivity contribution in [2.24, 2.45) is 0 Å². The van der Waals surface area contributed by atoms with Gasteiger partial charge in [0.1, 0.15) is 5.82 Å². The zero-order valence-electron chi connectivity index (χ0n) is 14.9. The summed E-state index contributed by atoms with van der Waals surface area (Å²) in [4.78, 5) is 16.9. The molecule has 1 N–H and O–H groups in total. The number of benzene rings is 1. The van der Waals surface area contributed by atoms with E-state index >= 15 is 0 Å². The van der Waals surface area contributed by atoms with Crippen LogP contribution in [0.25, 0.3) is 10.8 Å². The second kappa shape index (κ2) is 7.64. The summed E-state index contributed by atoms with van der Waals surface area (Å²) < 4.78 is 18.6. The summed E-state index contributed by atoms with van der Waals surface area (Å²) in [7, 11) is 0. The minimum Gasteiger partial charge on any atom is -0.462 e. The summed E-state index contributed by atoms with van der Waals surface area (Å²) in [5.41, 5.74) is 1.76. The zero-order valence-corrected chi connectivity index (χ0v) is 15.7. The lowest BCUT2D eigenvalue weighted by Gasteiger charge is -2.30. The van der Waals surface area contributed by atoms with Crippen LogP contribution in [0, 0.1) is 5.82 Å². The van der Waals surface area contributed by atoms with Crippen molar-refractivity contribution in [3.8, 4) is 10.8 Å². The molecule has 6 heteroatoms. The molecule has 0 bridgehead atoms. The molecule has 0 atom stereocenters. The van der Waals surface area contributed by atoms with Gasteiger partial charge >= 0.3 is 0 Å². The first-order valence-electron chi connectivity index (χ1n) is 9.16. The Kier molecular flexibility index (Phi) is 5.07. The smallest absolute Gasteiger partial charge is 0.226 e. The molecule has 1 aromatic carbocycles. The van der Waals surface area contributed by atoms with Crippen molar-refractivity contribution in [3.63, 3.8) is 0 Å². The van der Waals surface area contributed by atoms with Crippen LogP contribution in [0.2, 0.25) is 0 Å². The zero-order chi connectivity index (χ0) is 18.7. The Bertz CT molecular complexity index is 897. The normalized spacial score (nSPS) is 15.7. The molecular formula is C21H21FN2O2S. The van der Waals surface area contributed by atoms with Gasteiger partial charge in [0.15, 0.2) is 10.8 Å². The van der Waals surface area contributed by atoms with Gasteiger partial charge in [0.05, 0.1) is 18.4 Å². The molecule has 0 saturated heterocycles. The molecule has 1 aliphatic carbocycles. The Morgan fingerprint density at radius 3 is 2.70 bits per heavy atom. The van der Waals surface area contributed by atoms with Crippen LogP contribution < -0.4 is 5.32 Å². The van der Waals surface area contributed by atoms with Crippen LogP contribution in [0.3, 0.4) is 0 Å². The lowest BCUT2D eigenvalue weighted by molar-refractivity contribution is -0.120. The summed E-state index contributed by atoms with van der Waals surface area (Å²) in [5.74, 6) is 0.444. The summed E-state index contributed by atoms with van der Waals surface area (Å²) in [5, 5.41) is 5.75. The maximum atomic E-state index is 13.3. The number of halogens is 1. The molecule has 3 aromatic rings. The highest BCUT2D eigenvalue weighted by molar-refractivity contribution is 7.13. The Morgan fingerprint density at radius 1 is 1.22 bits per heavy atom. The SMILES string of the molecule is O=C(Cc1csc(-c2ccco2)n1)NCC1(c2ccc(F)cc2)CCCC1. The third-order valence-electron chi connectivity index (χ3n) is 5.27. The summed E-state index contributed by atoms with van der Waals surface area (Å²) in [6, 6.07) is 10.4. The van der Waals surface area contributed by atoms with E-state index in [9.17, 15) is 9.18 Å². The first-order valence-corrected chi connectivity index (χ1v) is 10.0. The van der Waals surface area contributed by atoms with Crippen molar-refractivity contribution in [1.82, 2.24) is 10.3 Å². The molecule has 1 saturated carbocycles. The minimum absolute atomic E-state index is 0.0420. The molecule has 4 nitrogen and oxygen atoms in total. The van der Waals surface area contributed by atoms with E-state index in [1.165, 1.54) is 23.5 Å². The van der Waals surface area contributed by atoms with E-state index in [0.717, 1.165) is 41.9 Å². The third kappa shape index (κ3) is 3.95. The van der Waals surface area contributed by atoms with Gasteiger partial charge in [-0.05, 0) is 42.7 Å². The van der Waals surface area contributed by atoms with Gasteiger partial charge in [-0.2, -0.15) is 0 Å². The molecule has 0 aliphatic heterocycles. The van der Waals surface area contributed by atoms with E-state index in [-0.39, 0.29) is 23.6 Å². The second-order valence-electron chi connectivity index (χ2n) is 7.07. The molecular weight excluding hydrogens is 363 g/mol. The number of aromatic nitrogens is 1. The van der Waals surface area contributed by atoms with Gasteiger partial charge in [-0.1, -0.05) is 25.0 Å². The van der Waals surface area contributed by atoms with Crippen molar-refractivity contribution in [1.29, 1.82) is 0 Å². The maximum absolute atomic E-state index is 13.3. The van der Waals surface area contributed by atoms with Gasteiger partial charge in [0.25, 0.3) is 0 Å². The van der Waals surface area contributed by atoms with Gasteiger partial charge in [0, 0.05) is 17.3 Å².